The molecule has 0 saturated heterocycles. The average Bonchev–Trinajstić information content (AvgIpc) is 2.37. The fourth-order valence-electron chi connectivity index (χ4n) is 1.98. The molecule has 0 aliphatic rings. The van der Waals surface area contributed by atoms with E-state index in [0.29, 0.717) is 28.7 Å². The molecule has 0 atom stereocenters. The summed E-state index contributed by atoms with van der Waals surface area (Å²) < 4.78 is 22.7. The Morgan fingerprint density at radius 2 is 1.67 bits per heavy atom. The number of nitrogens with two attached hydrogens (primary N) is 1. The first kappa shape index (κ1) is 15.8. The van der Waals surface area contributed by atoms with Crippen molar-refractivity contribution in [1.29, 1.82) is 0 Å². The fraction of sp³-hybridized carbons (Fsp3) is 0.200. The van der Waals surface area contributed by atoms with Gasteiger partial charge >= 0.3 is 0 Å². The van der Waals surface area contributed by atoms with Crippen LogP contribution in [0.5, 0.6) is 0 Å². The number of anilines is 1. The average molecular weight is 325 g/mol. The predicted molar refractivity (Wildman–Crippen MR) is 86.0 cm³/mol. The van der Waals surface area contributed by atoms with E-state index in [4.69, 9.17) is 17.3 Å². The fourth-order valence-corrected chi connectivity index (χ4v) is 2.88. The SMILES string of the molecule is CS(=O)(=O)c1ccc(CNCc2cc(N)cc(Cl)c2)cc1. The van der Waals surface area contributed by atoms with Crippen molar-refractivity contribution in [2.75, 3.05) is 12.0 Å². The van der Waals surface area contributed by atoms with Gasteiger partial charge in [-0.15, -0.1) is 0 Å². The van der Waals surface area contributed by atoms with Crippen LogP contribution in [-0.2, 0) is 22.9 Å². The summed E-state index contributed by atoms with van der Waals surface area (Å²) in [5.41, 5.74) is 8.39. The second-order valence-corrected chi connectivity index (χ2v) is 7.36. The Balaban J connectivity index is 1.94. The predicted octanol–water partition coefficient (Wildman–Crippen LogP) is 2.62. The zero-order valence-corrected chi connectivity index (χ0v) is 13.2. The summed E-state index contributed by atoms with van der Waals surface area (Å²) in [6.45, 7) is 1.27. The van der Waals surface area contributed by atoms with Crippen molar-refractivity contribution in [2.45, 2.75) is 18.0 Å². The molecule has 2 aromatic rings. The Hall–Kier alpha value is -1.56. The molecule has 0 radical (unpaired) electrons. The van der Waals surface area contributed by atoms with Crippen molar-refractivity contribution in [2.24, 2.45) is 0 Å². The number of hydrogen-bond acceptors (Lipinski definition) is 4. The molecule has 0 aliphatic carbocycles. The van der Waals surface area contributed by atoms with Gasteiger partial charge in [0, 0.05) is 30.1 Å². The lowest BCUT2D eigenvalue weighted by molar-refractivity contribution is 0.602. The van der Waals surface area contributed by atoms with Crippen LogP contribution in [0.1, 0.15) is 11.1 Å². The molecule has 0 saturated carbocycles. The number of nitrogens with one attached hydrogen (secondary N) is 1. The van der Waals surface area contributed by atoms with Crippen LogP contribution in [-0.4, -0.2) is 14.7 Å². The molecule has 0 bridgehead atoms. The van der Waals surface area contributed by atoms with Crippen LogP contribution >= 0.6 is 11.6 Å². The minimum absolute atomic E-state index is 0.328. The van der Waals surface area contributed by atoms with Gasteiger partial charge in [-0.3, -0.25) is 0 Å². The summed E-state index contributed by atoms with van der Waals surface area (Å²) in [5.74, 6) is 0. The smallest absolute Gasteiger partial charge is 0.175 e. The van der Waals surface area contributed by atoms with Crippen molar-refractivity contribution in [1.82, 2.24) is 5.32 Å². The van der Waals surface area contributed by atoms with E-state index >= 15 is 0 Å². The minimum atomic E-state index is -3.14. The van der Waals surface area contributed by atoms with Gasteiger partial charge in [0.05, 0.1) is 4.90 Å². The molecule has 0 fully saturated rings. The molecule has 21 heavy (non-hydrogen) atoms. The van der Waals surface area contributed by atoms with E-state index in [-0.39, 0.29) is 0 Å². The largest absolute Gasteiger partial charge is 0.399 e. The molecule has 0 aliphatic heterocycles. The zero-order chi connectivity index (χ0) is 15.5. The van der Waals surface area contributed by atoms with E-state index < -0.39 is 9.84 Å². The number of nitrogen functional groups attached to an aromatic ring is 1. The Morgan fingerprint density at radius 1 is 1.05 bits per heavy atom. The van der Waals surface area contributed by atoms with Crippen LogP contribution < -0.4 is 11.1 Å². The molecular formula is C15H17ClN2O2S. The molecule has 4 nitrogen and oxygen atoms in total. The minimum Gasteiger partial charge on any atom is -0.399 e. The summed E-state index contributed by atoms with van der Waals surface area (Å²) in [4.78, 5) is 0.328. The second kappa shape index (κ2) is 6.47. The van der Waals surface area contributed by atoms with E-state index in [1.165, 1.54) is 6.26 Å². The van der Waals surface area contributed by atoms with Crippen LogP contribution in [0.4, 0.5) is 5.69 Å². The molecule has 2 aromatic carbocycles. The first-order valence-corrected chi connectivity index (χ1v) is 8.66. The molecular weight excluding hydrogens is 308 g/mol. The number of benzene rings is 2. The van der Waals surface area contributed by atoms with Crippen LogP contribution in [0.25, 0.3) is 0 Å². The highest BCUT2D eigenvalue weighted by molar-refractivity contribution is 7.90. The van der Waals surface area contributed by atoms with Gasteiger partial charge in [-0.2, -0.15) is 0 Å². The number of sulfone groups is 1. The third-order valence-electron chi connectivity index (χ3n) is 2.99. The maximum Gasteiger partial charge on any atom is 0.175 e. The van der Waals surface area contributed by atoms with Gasteiger partial charge in [0.2, 0.25) is 0 Å². The van der Waals surface area contributed by atoms with E-state index in [1.807, 2.05) is 12.1 Å². The Bertz CT molecular complexity index is 708. The van der Waals surface area contributed by atoms with Crippen LogP contribution in [0, 0.1) is 0 Å². The second-order valence-electron chi connectivity index (χ2n) is 4.91. The Labute approximate surface area is 129 Å². The van der Waals surface area contributed by atoms with Crippen molar-refractivity contribution in [3.8, 4) is 0 Å². The maximum atomic E-state index is 11.4. The van der Waals surface area contributed by atoms with Crippen molar-refractivity contribution >= 4 is 27.1 Å². The van der Waals surface area contributed by atoms with Gasteiger partial charge in [-0.25, -0.2) is 8.42 Å². The van der Waals surface area contributed by atoms with E-state index in [2.05, 4.69) is 5.32 Å². The molecule has 112 valence electrons. The van der Waals surface area contributed by atoms with Crippen LogP contribution in [0.15, 0.2) is 47.4 Å². The summed E-state index contributed by atoms with van der Waals surface area (Å²) in [6, 6.07) is 12.3. The molecule has 0 unspecified atom stereocenters. The van der Waals surface area contributed by atoms with Crippen molar-refractivity contribution in [3.63, 3.8) is 0 Å². The lowest BCUT2D eigenvalue weighted by atomic mass is 10.2. The molecule has 6 heteroatoms. The highest BCUT2D eigenvalue weighted by Gasteiger charge is 2.05. The van der Waals surface area contributed by atoms with E-state index in [9.17, 15) is 8.42 Å². The first-order chi connectivity index (χ1) is 9.84. The molecule has 0 aromatic heterocycles. The van der Waals surface area contributed by atoms with Crippen molar-refractivity contribution in [3.05, 3.63) is 58.6 Å². The monoisotopic (exact) mass is 324 g/mol. The lowest BCUT2D eigenvalue weighted by Gasteiger charge is -2.07. The first-order valence-electron chi connectivity index (χ1n) is 6.39. The third-order valence-corrected chi connectivity index (χ3v) is 4.34. The summed E-state index contributed by atoms with van der Waals surface area (Å²) >= 11 is 5.94. The maximum absolute atomic E-state index is 11.4. The molecule has 0 amide bonds. The van der Waals surface area contributed by atoms with Gasteiger partial charge in [0.25, 0.3) is 0 Å². The van der Waals surface area contributed by atoms with Gasteiger partial charge in [-0.05, 0) is 41.5 Å². The Morgan fingerprint density at radius 3 is 2.24 bits per heavy atom. The number of hydrogen-bond donors (Lipinski definition) is 2. The van der Waals surface area contributed by atoms with Gasteiger partial charge in [0.15, 0.2) is 9.84 Å². The quantitative estimate of drug-likeness (QED) is 0.829. The Kier molecular flexibility index (Phi) is 4.88. The highest BCUT2D eigenvalue weighted by atomic mass is 35.5. The number of rotatable bonds is 5. The van der Waals surface area contributed by atoms with Gasteiger partial charge < -0.3 is 11.1 Å². The molecule has 0 spiro atoms. The van der Waals surface area contributed by atoms with Gasteiger partial charge in [-0.1, -0.05) is 23.7 Å². The summed E-state index contributed by atoms with van der Waals surface area (Å²) in [6.07, 6.45) is 1.20. The topological polar surface area (TPSA) is 72.2 Å². The summed E-state index contributed by atoms with van der Waals surface area (Å²) in [7, 11) is -3.14. The number of halogens is 1. The highest BCUT2D eigenvalue weighted by Crippen LogP contribution is 2.16. The van der Waals surface area contributed by atoms with E-state index in [1.54, 1.807) is 30.3 Å². The summed E-state index contributed by atoms with van der Waals surface area (Å²) in [5, 5.41) is 3.88. The molecule has 3 N–H and O–H groups in total. The van der Waals surface area contributed by atoms with Crippen LogP contribution in [0.2, 0.25) is 5.02 Å². The normalized spacial score (nSPS) is 11.5. The lowest BCUT2D eigenvalue weighted by Crippen LogP contribution is -2.13. The standard InChI is InChI=1S/C15H17ClN2O2S/c1-21(19,20)15-4-2-11(3-5-15)9-18-10-12-6-13(16)8-14(17)7-12/h2-8,18H,9-10,17H2,1H3. The van der Waals surface area contributed by atoms with Gasteiger partial charge in [0.1, 0.15) is 0 Å². The molecule has 2 rings (SSSR count). The molecule has 0 heterocycles. The van der Waals surface area contributed by atoms with Crippen molar-refractivity contribution < 1.29 is 8.42 Å². The zero-order valence-electron chi connectivity index (χ0n) is 11.6. The van der Waals surface area contributed by atoms with E-state index in [0.717, 1.165) is 11.1 Å². The van der Waals surface area contributed by atoms with Crippen LogP contribution in [0.3, 0.4) is 0 Å². The third kappa shape index (κ3) is 4.74.